The van der Waals surface area contributed by atoms with Crippen LogP contribution in [0, 0.1) is 0 Å². The lowest BCUT2D eigenvalue weighted by molar-refractivity contribution is 0.0204. The third-order valence-corrected chi connectivity index (χ3v) is 5.26. The number of ether oxygens (including phenoxy) is 1. The van der Waals surface area contributed by atoms with Crippen molar-refractivity contribution in [2.45, 2.75) is 24.8 Å². The number of piperidine rings is 1. The molecule has 0 N–H and O–H groups in total. The standard InChI is InChI=1S/C17H26N2O/c1-18-10-7-15-5-3-4-6-16(15)17(18)8-11-19(12-9-17)13-14-20-2/h3-6H,7-14H2,1-2H3. The molecule has 2 aliphatic heterocycles. The summed E-state index contributed by atoms with van der Waals surface area (Å²) >= 11 is 0. The summed E-state index contributed by atoms with van der Waals surface area (Å²) in [5, 5.41) is 0. The number of likely N-dealkylation sites (N-methyl/N-ethyl adjacent to an activating group) is 1. The van der Waals surface area contributed by atoms with Gasteiger partial charge in [0.1, 0.15) is 0 Å². The van der Waals surface area contributed by atoms with E-state index in [0.717, 1.165) is 13.2 Å². The summed E-state index contributed by atoms with van der Waals surface area (Å²) < 4.78 is 5.21. The van der Waals surface area contributed by atoms with Crippen molar-refractivity contribution in [3.63, 3.8) is 0 Å². The zero-order valence-corrected chi connectivity index (χ0v) is 12.8. The smallest absolute Gasteiger partial charge is 0.0589 e. The van der Waals surface area contributed by atoms with Gasteiger partial charge in [0.2, 0.25) is 0 Å². The van der Waals surface area contributed by atoms with E-state index in [-0.39, 0.29) is 5.54 Å². The molecule has 1 saturated heterocycles. The van der Waals surface area contributed by atoms with Crippen LogP contribution in [0.2, 0.25) is 0 Å². The van der Waals surface area contributed by atoms with Crippen LogP contribution in [0.4, 0.5) is 0 Å². The largest absolute Gasteiger partial charge is 0.383 e. The minimum absolute atomic E-state index is 0.276. The van der Waals surface area contributed by atoms with E-state index < -0.39 is 0 Å². The molecule has 3 nitrogen and oxygen atoms in total. The first-order chi connectivity index (χ1) is 9.76. The van der Waals surface area contributed by atoms with E-state index in [1.165, 1.54) is 38.9 Å². The fraction of sp³-hybridized carbons (Fsp3) is 0.647. The number of nitrogens with zero attached hydrogens (tertiary/aromatic N) is 2. The Morgan fingerprint density at radius 3 is 2.65 bits per heavy atom. The van der Waals surface area contributed by atoms with E-state index in [1.807, 2.05) is 0 Å². The van der Waals surface area contributed by atoms with Crippen molar-refractivity contribution in [1.29, 1.82) is 0 Å². The van der Waals surface area contributed by atoms with E-state index in [9.17, 15) is 0 Å². The Balaban J connectivity index is 1.79. The average Bonchev–Trinajstić information content (AvgIpc) is 2.51. The molecule has 0 bridgehead atoms. The Labute approximate surface area is 122 Å². The summed E-state index contributed by atoms with van der Waals surface area (Å²) in [6, 6.07) is 9.07. The molecular weight excluding hydrogens is 248 g/mol. The predicted molar refractivity (Wildman–Crippen MR) is 82.0 cm³/mol. The number of benzene rings is 1. The molecule has 1 aromatic carbocycles. The van der Waals surface area contributed by atoms with Crippen molar-refractivity contribution in [1.82, 2.24) is 9.80 Å². The number of methoxy groups -OCH3 is 1. The Kier molecular flexibility index (Phi) is 4.11. The summed E-state index contributed by atoms with van der Waals surface area (Å²) in [7, 11) is 4.09. The average molecular weight is 274 g/mol. The van der Waals surface area contributed by atoms with Crippen molar-refractivity contribution >= 4 is 0 Å². The lowest BCUT2D eigenvalue weighted by Gasteiger charge is -2.51. The molecule has 3 heteroatoms. The van der Waals surface area contributed by atoms with Gasteiger partial charge in [0.25, 0.3) is 0 Å². The zero-order valence-electron chi connectivity index (χ0n) is 12.8. The summed E-state index contributed by atoms with van der Waals surface area (Å²) in [6.07, 6.45) is 3.68. The Bertz CT molecular complexity index is 452. The molecule has 0 aliphatic carbocycles. The van der Waals surface area contributed by atoms with Gasteiger partial charge in [0, 0.05) is 38.8 Å². The van der Waals surface area contributed by atoms with Crippen LogP contribution in [0.15, 0.2) is 24.3 Å². The highest BCUT2D eigenvalue weighted by atomic mass is 16.5. The maximum atomic E-state index is 5.21. The van der Waals surface area contributed by atoms with E-state index >= 15 is 0 Å². The molecule has 2 heterocycles. The van der Waals surface area contributed by atoms with Crippen LogP contribution in [0.1, 0.15) is 24.0 Å². The van der Waals surface area contributed by atoms with Gasteiger partial charge in [-0.1, -0.05) is 24.3 Å². The van der Waals surface area contributed by atoms with Gasteiger partial charge in [0.05, 0.1) is 6.61 Å². The third-order valence-electron chi connectivity index (χ3n) is 5.26. The van der Waals surface area contributed by atoms with Crippen molar-refractivity contribution in [2.24, 2.45) is 0 Å². The fourth-order valence-electron chi connectivity index (χ4n) is 3.92. The van der Waals surface area contributed by atoms with Crippen LogP contribution >= 0.6 is 0 Å². The SMILES string of the molecule is COCCN1CCC2(CC1)c1ccccc1CCN2C. The Morgan fingerprint density at radius 2 is 1.90 bits per heavy atom. The monoisotopic (exact) mass is 274 g/mol. The number of fused-ring (bicyclic) bond motifs is 2. The van der Waals surface area contributed by atoms with Gasteiger partial charge >= 0.3 is 0 Å². The van der Waals surface area contributed by atoms with Gasteiger partial charge < -0.3 is 9.64 Å². The highest BCUT2D eigenvalue weighted by Crippen LogP contribution is 2.42. The molecule has 1 fully saturated rings. The van der Waals surface area contributed by atoms with E-state index in [0.29, 0.717) is 0 Å². The molecule has 0 unspecified atom stereocenters. The van der Waals surface area contributed by atoms with Crippen molar-refractivity contribution in [3.8, 4) is 0 Å². The maximum Gasteiger partial charge on any atom is 0.0589 e. The first-order valence-electron chi connectivity index (χ1n) is 7.77. The van der Waals surface area contributed by atoms with Gasteiger partial charge in [-0.3, -0.25) is 4.90 Å². The second-order valence-electron chi connectivity index (χ2n) is 6.19. The topological polar surface area (TPSA) is 15.7 Å². The first-order valence-corrected chi connectivity index (χ1v) is 7.77. The third kappa shape index (κ3) is 2.39. The van der Waals surface area contributed by atoms with Gasteiger partial charge in [0.15, 0.2) is 0 Å². The maximum absolute atomic E-state index is 5.21. The second kappa shape index (κ2) is 5.84. The molecule has 110 valence electrons. The van der Waals surface area contributed by atoms with Crippen molar-refractivity contribution in [2.75, 3.05) is 46.9 Å². The minimum atomic E-state index is 0.276. The van der Waals surface area contributed by atoms with Crippen LogP contribution in [-0.4, -0.2) is 56.7 Å². The molecule has 0 atom stereocenters. The van der Waals surface area contributed by atoms with Crippen molar-refractivity contribution < 1.29 is 4.74 Å². The van der Waals surface area contributed by atoms with Crippen LogP contribution in [0.25, 0.3) is 0 Å². The molecule has 20 heavy (non-hydrogen) atoms. The lowest BCUT2D eigenvalue weighted by atomic mass is 9.74. The van der Waals surface area contributed by atoms with E-state index in [1.54, 1.807) is 18.2 Å². The molecule has 0 amide bonds. The van der Waals surface area contributed by atoms with Crippen LogP contribution < -0.4 is 0 Å². The highest BCUT2D eigenvalue weighted by molar-refractivity contribution is 5.37. The number of likely N-dealkylation sites (tertiary alicyclic amines) is 1. The molecule has 2 aliphatic rings. The number of hydrogen-bond acceptors (Lipinski definition) is 3. The zero-order chi connectivity index (χ0) is 14.0. The molecule has 1 aromatic rings. The van der Waals surface area contributed by atoms with Crippen LogP contribution in [0.5, 0.6) is 0 Å². The van der Waals surface area contributed by atoms with E-state index in [2.05, 4.69) is 41.1 Å². The molecule has 1 spiro atoms. The Hall–Kier alpha value is -0.900. The van der Waals surface area contributed by atoms with Crippen LogP contribution in [0.3, 0.4) is 0 Å². The van der Waals surface area contributed by atoms with Gasteiger partial charge in [-0.15, -0.1) is 0 Å². The number of hydrogen-bond donors (Lipinski definition) is 0. The van der Waals surface area contributed by atoms with E-state index in [4.69, 9.17) is 4.74 Å². The fourth-order valence-corrected chi connectivity index (χ4v) is 3.92. The second-order valence-corrected chi connectivity index (χ2v) is 6.19. The lowest BCUT2D eigenvalue weighted by Crippen LogP contribution is -2.54. The molecule has 0 saturated carbocycles. The molecule has 0 aromatic heterocycles. The van der Waals surface area contributed by atoms with Crippen molar-refractivity contribution in [3.05, 3.63) is 35.4 Å². The van der Waals surface area contributed by atoms with Gasteiger partial charge in [-0.2, -0.15) is 0 Å². The van der Waals surface area contributed by atoms with Gasteiger partial charge in [-0.25, -0.2) is 0 Å². The summed E-state index contributed by atoms with van der Waals surface area (Å²) in [5.41, 5.74) is 3.43. The minimum Gasteiger partial charge on any atom is -0.383 e. The molecular formula is C17H26N2O. The quantitative estimate of drug-likeness (QED) is 0.839. The summed E-state index contributed by atoms with van der Waals surface area (Å²) in [6.45, 7) is 5.47. The molecule has 0 radical (unpaired) electrons. The van der Waals surface area contributed by atoms with Gasteiger partial charge in [-0.05, 0) is 37.4 Å². The predicted octanol–water partition coefficient (Wildman–Crippen LogP) is 2.11. The normalized spacial score (nSPS) is 22.9. The summed E-state index contributed by atoms with van der Waals surface area (Å²) in [5.74, 6) is 0. The number of rotatable bonds is 3. The molecule has 3 rings (SSSR count). The first kappa shape index (κ1) is 14.1. The highest BCUT2D eigenvalue weighted by Gasteiger charge is 2.42. The Morgan fingerprint density at radius 1 is 1.15 bits per heavy atom. The van der Waals surface area contributed by atoms with Crippen LogP contribution in [-0.2, 0) is 16.7 Å². The summed E-state index contributed by atoms with van der Waals surface area (Å²) in [4.78, 5) is 5.14.